The molecule has 0 saturated heterocycles. The first kappa shape index (κ1) is 10.6. The average molecular weight is 194 g/mol. The van der Waals surface area contributed by atoms with Crippen molar-refractivity contribution in [1.29, 1.82) is 0 Å². The second-order valence-corrected chi connectivity index (χ2v) is 3.21. The van der Waals surface area contributed by atoms with E-state index in [9.17, 15) is 4.79 Å². The number of nitrogens with zero attached hydrogens (tertiary/aromatic N) is 2. The molecule has 76 valence electrons. The lowest BCUT2D eigenvalue weighted by Gasteiger charge is -2.04. The average Bonchev–Trinajstić information content (AvgIpc) is 2.18. The van der Waals surface area contributed by atoms with Crippen molar-refractivity contribution < 1.29 is 9.53 Å². The summed E-state index contributed by atoms with van der Waals surface area (Å²) in [5.41, 5.74) is 0.531. The van der Waals surface area contributed by atoms with E-state index < -0.39 is 0 Å². The van der Waals surface area contributed by atoms with E-state index >= 15 is 0 Å². The first-order valence-electron chi connectivity index (χ1n) is 4.64. The second kappa shape index (κ2) is 4.69. The van der Waals surface area contributed by atoms with Crippen molar-refractivity contribution in [1.82, 2.24) is 9.97 Å². The summed E-state index contributed by atoms with van der Waals surface area (Å²) in [6, 6.07) is 0.313. The lowest BCUT2D eigenvalue weighted by atomic mass is 10.0. The first-order valence-corrected chi connectivity index (χ1v) is 4.64. The number of ketones is 1. The highest BCUT2D eigenvalue weighted by molar-refractivity contribution is 5.96. The van der Waals surface area contributed by atoms with Crippen molar-refractivity contribution in [2.45, 2.75) is 20.8 Å². The Morgan fingerprint density at radius 2 is 2.00 bits per heavy atom. The number of hydrogen-bond acceptors (Lipinski definition) is 4. The van der Waals surface area contributed by atoms with Gasteiger partial charge in [-0.05, 0) is 6.92 Å². The summed E-state index contributed by atoms with van der Waals surface area (Å²) in [7, 11) is 0. The standard InChI is InChI=1S/C10H14N2O2/c1-4-14-10-11-5-8(6-12-10)9(13)7(2)3/h5-7H,4H2,1-3H3. The van der Waals surface area contributed by atoms with E-state index in [1.54, 1.807) is 0 Å². The Morgan fingerprint density at radius 3 is 2.43 bits per heavy atom. The highest BCUT2D eigenvalue weighted by Crippen LogP contribution is 2.08. The summed E-state index contributed by atoms with van der Waals surface area (Å²) >= 11 is 0. The smallest absolute Gasteiger partial charge is 0.316 e. The van der Waals surface area contributed by atoms with E-state index in [4.69, 9.17) is 4.74 Å². The third kappa shape index (κ3) is 2.52. The van der Waals surface area contributed by atoms with E-state index in [1.807, 2.05) is 20.8 Å². The van der Waals surface area contributed by atoms with Crippen LogP contribution in [0.1, 0.15) is 31.1 Å². The zero-order chi connectivity index (χ0) is 10.6. The van der Waals surface area contributed by atoms with Gasteiger partial charge in [0.1, 0.15) is 0 Å². The molecule has 0 unspecified atom stereocenters. The van der Waals surface area contributed by atoms with Crippen molar-refractivity contribution in [3.05, 3.63) is 18.0 Å². The number of ether oxygens (including phenoxy) is 1. The number of Topliss-reactive ketones (excluding diaryl/α,β-unsaturated/α-hetero) is 1. The molecule has 0 fully saturated rings. The quantitative estimate of drug-likeness (QED) is 0.685. The topological polar surface area (TPSA) is 52.1 Å². The van der Waals surface area contributed by atoms with E-state index in [0.717, 1.165) is 0 Å². The molecule has 1 rings (SSSR count). The zero-order valence-corrected chi connectivity index (χ0v) is 8.65. The van der Waals surface area contributed by atoms with Crippen molar-refractivity contribution in [2.75, 3.05) is 6.61 Å². The van der Waals surface area contributed by atoms with Crippen LogP contribution < -0.4 is 4.74 Å². The van der Waals surface area contributed by atoms with Gasteiger partial charge in [0, 0.05) is 18.3 Å². The molecule has 4 heteroatoms. The minimum Gasteiger partial charge on any atom is -0.464 e. The molecule has 0 bridgehead atoms. The van der Waals surface area contributed by atoms with Gasteiger partial charge in [0.05, 0.1) is 12.2 Å². The van der Waals surface area contributed by atoms with Crippen LogP contribution in [0, 0.1) is 5.92 Å². The van der Waals surface area contributed by atoms with Gasteiger partial charge >= 0.3 is 6.01 Å². The third-order valence-corrected chi connectivity index (χ3v) is 1.71. The van der Waals surface area contributed by atoms with Crippen molar-refractivity contribution in [2.24, 2.45) is 5.92 Å². The maximum atomic E-state index is 11.5. The lowest BCUT2D eigenvalue weighted by Crippen LogP contribution is -2.09. The Hall–Kier alpha value is -1.45. The summed E-state index contributed by atoms with van der Waals surface area (Å²) in [5.74, 6) is 0.0181. The van der Waals surface area contributed by atoms with Crippen LogP contribution in [0.2, 0.25) is 0 Å². The van der Waals surface area contributed by atoms with Gasteiger partial charge in [-0.3, -0.25) is 4.79 Å². The molecular weight excluding hydrogens is 180 g/mol. The van der Waals surface area contributed by atoms with Gasteiger partial charge in [-0.25, -0.2) is 9.97 Å². The summed E-state index contributed by atoms with van der Waals surface area (Å²) in [5, 5.41) is 0. The SMILES string of the molecule is CCOc1ncc(C(=O)C(C)C)cn1. The van der Waals surface area contributed by atoms with Gasteiger partial charge < -0.3 is 4.74 Å². The number of carbonyl (C=O) groups excluding carboxylic acids is 1. The first-order chi connectivity index (χ1) is 6.65. The number of hydrogen-bond donors (Lipinski definition) is 0. The molecule has 0 amide bonds. The summed E-state index contributed by atoms with van der Waals surface area (Å²) in [6.07, 6.45) is 3.00. The predicted molar refractivity (Wildman–Crippen MR) is 52.4 cm³/mol. The predicted octanol–water partition coefficient (Wildman–Crippen LogP) is 1.71. The van der Waals surface area contributed by atoms with E-state index in [2.05, 4.69) is 9.97 Å². The van der Waals surface area contributed by atoms with Gasteiger partial charge in [-0.15, -0.1) is 0 Å². The molecule has 0 atom stereocenters. The molecule has 0 aliphatic rings. The van der Waals surface area contributed by atoms with Crippen LogP contribution in [0.3, 0.4) is 0 Å². The van der Waals surface area contributed by atoms with Crippen molar-refractivity contribution >= 4 is 5.78 Å². The van der Waals surface area contributed by atoms with Crippen LogP contribution in [0.25, 0.3) is 0 Å². The molecule has 0 spiro atoms. The molecule has 4 nitrogen and oxygen atoms in total. The maximum absolute atomic E-state index is 11.5. The summed E-state index contributed by atoms with van der Waals surface area (Å²) in [6.45, 7) is 6.07. The molecule has 0 aliphatic carbocycles. The van der Waals surface area contributed by atoms with Gasteiger partial charge in [0.2, 0.25) is 0 Å². The Kier molecular flexibility index (Phi) is 3.56. The Labute approximate surface area is 83.3 Å². The molecule has 0 radical (unpaired) electrons. The number of carbonyl (C=O) groups is 1. The van der Waals surface area contributed by atoms with Crippen LogP contribution in [0.5, 0.6) is 6.01 Å². The van der Waals surface area contributed by atoms with Gasteiger partial charge in [0.25, 0.3) is 0 Å². The summed E-state index contributed by atoms with van der Waals surface area (Å²) < 4.78 is 5.07. The molecule has 1 aromatic heterocycles. The van der Waals surface area contributed by atoms with Crippen LogP contribution in [-0.2, 0) is 0 Å². The largest absolute Gasteiger partial charge is 0.464 e. The highest BCUT2D eigenvalue weighted by atomic mass is 16.5. The molecular formula is C10H14N2O2. The zero-order valence-electron chi connectivity index (χ0n) is 8.65. The molecule has 1 heterocycles. The monoisotopic (exact) mass is 194 g/mol. The molecule has 0 aliphatic heterocycles. The van der Waals surface area contributed by atoms with Gasteiger partial charge in [-0.2, -0.15) is 0 Å². The van der Waals surface area contributed by atoms with E-state index in [0.29, 0.717) is 18.2 Å². The highest BCUT2D eigenvalue weighted by Gasteiger charge is 2.11. The second-order valence-electron chi connectivity index (χ2n) is 3.21. The van der Waals surface area contributed by atoms with Crippen LogP contribution >= 0.6 is 0 Å². The Morgan fingerprint density at radius 1 is 1.43 bits per heavy atom. The van der Waals surface area contributed by atoms with Crippen molar-refractivity contribution in [3.63, 3.8) is 0 Å². The number of rotatable bonds is 4. The fourth-order valence-corrected chi connectivity index (χ4v) is 0.980. The normalized spacial score (nSPS) is 10.3. The third-order valence-electron chi connectivity index (χ3n) is 1.71. The fraction of sp³-hybridized carbons (Fsp3) is 0.500. The molecule has 14 heavy (non-hydrogen) atoms. The van der Waals surface area contributed by atoms with Gasteiger partial charge in [0.15, 0.2) is 5.78 Å². The Balaban J connectivity index is 2.78. The van der Waals surface area contributed by atoms with Gasteiger partial charge in [-0.1, -0.05) is 13.8 Å². The minimum atomic E-state index is -0.0310. The van der Waals surface area contributed by atoms with Crippen LogP contribution in [0.4, 0.5) is 0 Å². The van der Waals surface area contributed by atoms with E-state index in [1.165, 1.54) is 12.4 Å². The fourth-order valence-electron chi connectivity index (χ4n) is 0.980. The van der Waals surface area contributed by atoms with Crippen LogP contribution in [0.15, 0.2) is 12.4 Å². The molecule has 0 saturated carbocycles. The molecule has 0 N–H and O–H groups in total. The van der Waals surface area contributed by atoms with Crippen molar-refractivity contribution in [3.8, 4) is 6.01 Å². The lowest BCUT2D eigenvalue weighted by molar-refractivity contribution is 0.0938. The summed E-state index contributed by atoms with van der Waals surface area (Å²) in [4.78, 5) is 19.3. The maximum Gasteiger partial charge on any atom is 0.316 e. The molecule has 0 aromatic carbocycles. The van der Waals surface area contributed by atoms with E-state index in [-0.39, 0.29) is 11.7 Å². The molecule has 1 aromatic rings. The number of aromatic nitrogens is 2. The Bertz CT molecular complexity index is 306. The van der Waals surface area contributed by atoms with Crippen LogP contribution in [-0.4, -0.2) is 22.4 Å². The minimum absolute atomic E-state index is 0.0310.